The Morgan fingerprint density at radius 3 is 2.36 bits per heavy atom. The summed E-state index contributed by atoms with van der Waals surface area (Å²) in [6, 6.07) is 0. The number of rotatable bonds is 5. The topological polar surface area (TPSA) is 54.5 Å². The highest BCUT2D eigenvalue weighted by molar-refractivity contribution is 7.89. The van der Waals surface area contributed by atoms with E-state index in [1.54, 1.807) is 6.92 Å². The normalized spacial score (nSPS) is 11.9. The minimum Gasteiger partial charge on any atom is -0.302 e. The molecule has 0 rings (SSSR count). The number of hydrogen-bond acceptors (Lipinski definition) is 3. The lowest BCUT2D eigenvalue weighted by Crippen LogP contribution is -2.30. The number of sulfonamides is 1. The Labute approximate surface area is 67.2 Å². The molecule has 0 spiro atoms. The molecule has 0 N–H and O–H groups in total. The largest absolute Gasteiger partial charge is 0.302 e. The van der Waals surface area contributed by atoms with Crippen LogP contribution in [0.5, 0.6) is 0 Å². The quantitative estimate of drug-likeness (QED) is 0.552. The van der Waals surface area contributed by atoms with Gasteiger partial charge in [-0.15, -0.1) is 0 Å². The Bertz CT molecular complexity index is 210. The van der Waals surface area contributed by atoms with Crippen LogP contribution >= 0.6 is 0 Å². The highest BCUT2D eigenvalue weighted by atomic mass is 32.2. The molecule has 0 saturated heterocycles. The number of hydrogen-bond donors (Lipinski definition) is 0. The fourth-order valence-corrected chi connectivity index (χ4v) is 1.75. The van der Waals surface area contributed by atoms with Crippen molar-refractivity contribution in [2.75, 3.05) is 19.3 Å². The van der Waals surface area contributed by atoms with Crippen LogP contribution in [0.2, 0.25) is 0 Å². The molecular weight excluding hydrogens is 166 g/mol. The van der Waals surface area contributed by atoms with Gasteiger partial charge < -0.3 is 4.79 Å². The lowest BCUT2D eigenvalue weighted by molar-refractivity contribution is -0.107. The summed E-state index contributed by atoms with van der Waals surface area (Å²) < 4.78 is 23.2. The maximum atomic E-state index is 11.1. The van der Waals surface area contributed by atoms with E-state index in [1.807, 2.05) is 0 Å². The zero-order valence-electron chi connectivity index (χ0n) is 6.78. The fourth-order valence-electron chi connectivity index (χ4n) is 0.632. The number of carbonyl (C=O) groups excluding carboxylic acids is 1. The molecule has 0 saturated carbocycles. The van der Waals surface area contributed by atoms with E-state index in [9.17, 15) is 13.2 Å². The molecule has 0 atom stereocenters. The molecule has 0 bridgehead atoms. The van der Waals surface area contributed by atoms with Gasteiger partial charge in [0.2, 0.25) is 10.0 Å². The standard InChI is InChI=1S/C6H13NO3S/c1-3-6-11(9,10)7(2)4-5-8/h5H,3-4,6H2,1-2H3. The Balaban J connectivity index is 4.18. The highest BCUT2D eigenvalue weighted by Crippen LogP contribution is 1.97. The van der Waals surface area contributed by atoms with Crippen molar-refractivity contribution in [3.8, 4) is 0 Å². The van der Waals surface area contributed by atoms with Crippen molar-refractivity contribution in [1.29, 1.82) is 0 Å². The van der Waals surface area contributed by atoms with Gasteiger partial charge in [-0.25, -0.2) is 8.42 Å². The monoisotopic (exact) mass is 179 g/mol. The van der Waals surface area contributed by atoms with E-state index in [-0.39, 0.29) is 12.3 Å². The first-order valence-electron chi connectivity index (χ1n) is 3.42. The van der Waals surface area contributed by atoms with Crippen molar-refractivity contribution < 1.29 is 13.2 Å². The highest BCUT2D eigenvalue weighted by Gasteiger charge is 2.14. The van der Waals surface area contributed by atoms with E-state index >= 15 is 0 Å². The first kappa shape index (κ1) is 10.6. The predicted molar refractivity (Wildman–Crippen MR) is 42.8 cm³/mol. The van der Waals surface area contributed by atoms with Gasteiger partial charge in [0.15, 0.2) is 0 Å². The molecular formula is C6H13NO3S. The van der Waals surface area contributed by atoms with Crippen LogP contribution in [-0.2, 0) is 14.8 Å². The van der Waals surface area contributed by atoms with Gasteiger partial charge in [-0.3, -0.25) is 0 Å². The minimum atomic E-state index is -3.17. The van der Waals surface area contributed by atoms with E-state index < -0.39 is 10.0 Å². The third-order valence-electron chi connectivity index (χ3n) is 1.27. The molecule has 0 aromatic carbocycles. The summed E-state index contributed by atoms with van der Waals surface area (Å²) in [6.07, 6.45) is 1.15. The zero-order valence-corrected chi connectivity index (χ0v) is 7.60. The molecule has 0 fully saturated rings. The van der Waals surface area contributed by atoms with Crippen molar-refractivity contribution >= 4 is 16.3 Å². The summed E-state index contributed by atoms with van der Waals surface area (Å²) in [5, 5.41) is 0. The summed E-state index contributed by atoms with van der Waals surface area (Å²) in [4.78, 5) is 9.96. The van der Waals surface area contributed by atoms with Crippen LogP contribution in [0, 0.1) is 0 Å². The molecule has 66 valence electrons. The van der Waals surface area contributed by atoms with Gasteiger partial charge in [-0.2, -0.15) is 4.31 Å². The second-order valence-electron chi connectivity index (χ2n) is 2.26. The van der Waals surface area contributed by atoms with E-state index in [0.717, 1.165) is 4.31 Å². The Morgan fingerprint density at radius 2 is 2.00 bits per heavy atom. The van der Waals surface area contributed by atoms with Crippen LogP contribution in [0.3, 0.4) is 0 Å². The van der Waals surface area contributed by atoms with Gasteiger partial charge in [0, 0.05) is 7.05 Å². The molecule has 5 heteroatoms. The summed E-state index contributed by atoms with van der Waals surface area (Å²) >= 11 is 0. The van der Waals surface area contributed by atoms with E-state index in [4.69, 9.17) is 0 Å². The molecule has 0 amide bonds. The van der Waals surface area contributed by atoms with Crippen LogP contribution in [0.25, 0.3) is 0 Å². The molecule has 0 unspecified atom stereocenters. The first-order chi connectivity index (χ1) is 5.04. The molecule has 0 radical (unpaired) electrons. The molecule has 0 aliphatic heterocycles. The lowest BCUT2D eigenvalue weighted by Gasteiger charge is -2.12. The lowest BCUT2D eigenvalue weighted by atomic mass is 10.6. The van der Waals surface area contributed by atoms with Crippen molar-refractivity contribution in [2.45, 2.75) is 13.3 Å². The SMILES string of the molecule is CCCS(=O)(=O)N(C)CC=O. The van der Waals surface area contributed by atoms with E-state index in [2.05, 4.69) is 0 Å². The van der Waals surface area contributed by atoms with Gasteiger partial charge in [-0.1, -0.05) is 6.92 Å². The Hall–Kier alpha value is -0.420. The van der Waals surface area contributed by atoms with Crippen molar-refractivity contribution in [1.82, 2.24) is 4.31 Å². The van der Waals surface area contributed by atoms with Gasteiger partial charge >= 0.3 is 0 Å². The maximum Gasteiger partial charge on any atom is 0.214 e. The Kier molecular flexibility index (Phi) is 4.29. The van der Waals surface area contributed by atoms with Crippen molar-refractivity contribution in [3.05, 3.63) is 0 Å². The number of likely N-dealkylation sites (N-methyl/N-ethyl adjacent to an activating group) is 1. The van der Waals surface area contributed by atoms with E-state index in [1.165, 1.54) is 7.05 Å². The first-order valence-corrected chi connectivity index (χ1v) is 5.03. The number of carbonyl (C=O) groups is 1. The minimum absolute atomic E-state index is 0.0532. The molecule has 0 heterocycles. The molecule has 0 aromatic heterocycles. The van der Waals surface area contributed by atoms with Gasteiger partial charge in [0.1, 0.15) is 6.29 Å². The van der Waals surface area contributed by atoms with E-state index in [0.29, 0.717) is 12.7 Å². The maximum absolute atomic E-state index is 11.1. The smallest absolute Gasteiger partial charge is 0.214 e. The van der Waals surface area contributed by atoms with Crippen LogP contribution in [0.15, 0.2) is 0 Å². The molecule has 4 nitrogen and oxygen atoms in total. The summed E-state index contributed by atoms with van der Waals surface area (Å²) in [7, 11) is -1.77. The summed E-state index contributed by atoms with van der Waals surface area (Å²) in [5.41, 5.74) is 0. The number of nitrogens with zero attached hydrogens (tertiary/aromatic N) is 1. The van der Waals surface area contributed by atoms with Crippen LogP contribution in [0.4, 0.5) is 0 Å². The average Bonchev–Trinajstić information content (AvgIpc) is 1.88. The molecule has 0 aromatic rings. The average molecular weight is 179 g/mol. The van der Waals surface area contributed by atoms with Crippen LogP contribution in [0.1, 0.15) is 13.3 Å². The summed E-state index contributed by atoms with van der Waals surface area (Å²) in [5.74, 6) is 0.108. The zero-order chi connectivity index (χ0) is 8.91. The van der Waals surface area contributed by atoms with Gasteiger partial charge in [0.05, 0.1) is 12.3 Å². The van der Waals surface area contributed by atoms with Gasteiger partial charge in [0.25, 0.3) is 0 Å². The van der Waals surface area contributed by atoms with Crippen LogP contribution in [-0.4, -0.2) is 38.4 Å². The third-order valence-corrected chi connectivity index (χ3v) is 3.29. The molecule has 11 heavy (non-hydrogen) atoms. The molecule has 0 aliphatic carbocycles. The Morgan fingerprint density at radius 1 is 1.45 bits per heavy atom. The van der Waals surface area contributed by atoms with Gasteiger partial charge in [-0.05, 0) is 6.42 Å². The van der Waals surface area contributed by atoms with Crippen molar-refractivity contribution in [2.24, 2.45) is 0 Å². The predicted octanol–water partition coefficient (Wildman–Crippen LogP) is -0.143. The second kappa shape index (κ2) is 4.46. The number of aldehydes is 1. The van der Waals surface area contributed by atoms with Crippen LogP contribution < -0.4 is 0 Å². The fraction of sp³-hybridized carbons (Fsp3) is 0.833. The molecule has 0 aliphatic rings. The summed E-state index contributed by atoms with van der Waals surface area (Å²) in [6.45, 7) is 1.73. The third kappa shape index (κ3) is 3.48. The van der Waals surface area contributed by atoms with Crippen molar-refractivity contribution in [3.63, 3.8) is 0 Å². The second-order valence-corrected chi connectivity index (χ2v) is 4.46.